The van der Waals surface area contributed by atoms with Crippen LogP contribution in [0.4, 0.5) is 0 Å². The van der Waals surface area contributed by atoms with Crippen LogP contribution in [-0.4, -0.2) is 70.5 Å². The number of likely N-dealkylation sites (N-methyl/N-ethyl adjacent to an activating group) is 1. The Morgan fingerprint density at radius 1 is 1.26 bits per heavy atom. The number of rotatable bonds is 5. The molecule has 0 aromatic heterocycles. The van der Waals surface area contributed by atoms with E-state index in [4.69, 9.17) is 9.47 Å². The highest BCUT2D eigenvalue weighted by Crippen LogP contribution is 2.32. The van der Waals surface area contributed by atoms with Gasteiger partial charge in [0, 0.05) is 12.6 Å². The van der Waals surface area contributed by atoms with Crippen LogP contribution in [0.25, 0.3) is 0 Å². The van der Waals surface area contributed by atoms with Crippen molar-refractivity contribution < 1.29 is 22.7 Å². The van der Waals surface area contributed by atoms with E-state index in [1.807, 2.05) is 19.0 Å². The number of para-hydroxylation sites is 1. The highest BCUT2D eigenvalue weighted by Gasteiger charge is 2.45. The summed E-state index contributed by atoms with van der Waals surface area (Å²) in [5.41, 5.74) is 0. The zero-order chi connectivity index (χ0) is 17.2. The van der Waals surface area contributed by atoms with Crippen LogP contribution in [0.1, 0.15) is 6.42 Å². The van der Waals surface area contributed by atoms with E-state index in [2.05, 4.69) is 0 Å². The Morgan fingerprint density at radius 2 is 1.91 bits per heavy atom. The molecule has 1 aromatic carbocycles. The van der Waals surface area contributed by atoms with E-state index in [1.165, 1.54) is 24.6 Å². The van der Waals surface area contributed by atoms with Gasteiger partial charge in [-0.05, 0) is 32.6 Å². The molecule has 0 bridgehead atoms. The molecule has 2 atom stereocenters. The molecule has 0 unspecified atom stereocenters. The van der Waals surface area contributed by atoms with Crippen molar-refractivity contribution in [1.29, 1.82) is 0 Å². The maximum Gasteiger partial charge on any atom is 0.324 e. The van der Waals surface area contributed by atoms with Gasteiger partial charge in [-0.1, -0.05) is 12.1 Å². The monoisotopic (exact) mass is 342 g/mol. The van der Waals surface area contributed by atoms with E-state index in [1.54, 1.807) is 18.2 Å². The Balaban J connectivity index is 2.45. The predicted octanol–water partition coefficient (Wildman–Crippen LogP) is 0.561. The molecule has 1 aromatic rings. The molecule has 1 heterocycles. The molecule has 2 rings (SSSR count). The summed E-state index contributed by atoms with van der Waals surface area (Å²) in [4.78, 5) is 14.0. The second-order valence-corrected chi connectivity index (χ2v) is 7.48. The van der Waals surface area contributed by atoms with Crippen molar-refractivity contribution in [2.75, 3.05) is 34.9 Å². The topological polar surface area (TPSA) is 76.2 Å². The van der Waals surface area contributed by atoms with Crippen LogP contribution in [0.15, 0.2) is 29.2 Å². The lowest BCUT2D eigenvalue weighted by molar-refractivity contribution is -0.144. The molecule has 0 aliphatic carbocycles. The summed E-state index contributed by atoms with van der Waals surface area (Å²) < 4.78 is 37.2. The fraction of sp³-hybridized carbons (Fsp3) is 0.533. The van der Waals surface area contributed by atoms with E-state index < -0.39 is 22.0 Å². The van der Waals surface area contributed by atoms with Gasteiger partial charge in [-0.3, -0.25) is 4.79 Å². The van der Waals surface area contributed by atoms with Gasteiger partial charge >= 0.3 is 5.97 Å². The van der Waals surface area contributed by atoms with Crippen LogP contribution < -0.4 is 4.74 Å². The fourth-order valence-electron chi connectivity index (χ4n) is 2.73. The first-order valence-corrected chi connectivity index (χ1v) is 8.66. The molecule has 1 aliphatic rings. The largest absolute Gasteiger partial charge is 0.495 e. The van der Waals surface area contributed by atoms with Crippen molar-refractivity contribution in [3.8, 4) is 5.75 Å². The lowest BCUT2D eigenvalue weighted by atomic mass is 10.1. The summed E-state index contributed by atoms with van der Waals surface area (Å²) in [5.74, 6) is -0.294. The van der Waals surface area contributed by atoms with Gasteiger partial charge in [0.05, 0.1) is 14.2 Å². The highest BCUT2D eigenvalue weighted by molar-refractivity contribution is 7.89. The zero-order valence-corrected chi connectivity index (χ0v) is 14.5. The van der Waals surface area contributed by atoms with Crippen LogP contribution in [0.5, 0.6) is 5.75 Å². The normalized spacial score (nSPS) is 22.3. The minimum Gasteiger partial charge on any atom is -0.495 e. The first-order chi connectivity index (χ1) is 10.8. The van der Waals surface area contributed by atoms with Gasteiger partial charge < -0.3 is 14.4 Å². The van der Waals surface area contributed by atoms with Crippen LogP contribution in [0.2, 0.25) is 0 Å². The molecular formula is C15H22N2O5S. The molecule has 23 heavy (non-hydrogen) atoms. The molecule has 1 saturated heterocycles. The number of methoxy groups -OCH3 is 2. The average Bonchev–Trinajstić information content (AvgIpc) is 3.00. The minimum atomic E-state index is -3.87. The molecule has 0 amide bonds. The van der Waals surface area contributed by atoms with Crippen molar-refractivity contribution in [3.63, 3.8) is 0 Å². The van der Waals surface area contributed by atoms with Crippen molar-refractivity contribution in [3.05, 3.63) is 24.3 Å². The number of hydrogen-bond donors (Lipinski definition) is 0. The molecular weight excluding hydrogens is 320 g/mol. The van der Waals surface area contributed by atoms with Crippen LogP contribution in [0, 0.1) is 0 Å². The first kappa shape index (κ1) is 17.7. The molecule has 0 N–H and O–H groups in total. The lowest BCUT2D eigenvalue weighted by Crippen LogP contribution is -2.41. The van der Waals surface area contributed by atoms with E-state index in [0.29, 0.717) is 6.42 Å². The zero-order valence-electron chi connectivity index (χ0n) is 13.7. The van der Waals surface area contributed by atoms with Gasteiger partial charge in [0.25, 0.3) is 0 Å². The highest BCUT2D eigenvalue weighted by atomic mass is 32.2. The second-order valence-electron chi connectivity index (χ2n) is 5.62. The van der Waals surface area contributed by atoms with Crippen LogP contribution in [0.3, 0.4) is 0 Å². The fourth-order valence-corrected chi connectivity index (χ4v) is 4.52. The quantitative estimate of drug-likeness (QED) is 0.728. The van der Waals surface area contributed by atoms with Gasteiger partial charge in [0.15, 0.2) is 0 Å². The second kappa shape index (κ2) is 6.86. The molecule has 0 saturated carbocycles. The maximum atomic E-state index is 13.0. The first-order valence-electron chi connectivity index (χ1n) is 7.22. The molecule has 0 radical (unpaired) electrons. The summed E-state index contributed by atoms with van der Waals surface area (Å²) in [6.45, 7) is 0.229. The summed E-state index contributed by atoms with van der Waals surface area (Å²) in [5, 5.41) is 0. The van der Waals surface area contributed by atoms with E-state index >= 15 is 0 Å². The van der Waals surface area contributed by atoms with E-state index in [-0.39, 0.29) is 23.2 Å². The lowest BCUT2D eigenvalue weighted by Gasteiger charge is -2.23. The number of esters is 1. The summed E-state index contributed by atoms with van der Waals surface area (Å²) in [6, 6.07) is 5.50. The van der Waals surface area contributed by atoms with E-state index in [9.17, 15) is 13.2 Å². The third-order valence-electron chi connectivity index (χ3n) is 4.09. The minimum absolute atomic E-state index is 0.0517. The standard InChI is InChI=1S/C15H22N2O5S/c1-16(2)11-9-12(15(18)22-4)17(10-11)23(19,20)14-8-6-5-7-13(14)21-3/h5-8,11-12H,9-10H2,1-4H3/t11-,12+/m1/s1. The summed E-state index contributed by atoms with van der Waals surface area (Å²) in [7, 11) is 2.53. The number of carbonyl (C=O) groups excluding carboxylic acids is 1. The summed E-state index contributed by atoms with van der Waals surface area (Å²) in [6.07, 6.45) is 0.397. The molecule has 8 heteroatoms. The SMILES string of the molecule is COC(=O)[C@@H]1C[C@@H](N(C)C)CN1S(=O)(=O)c1ccccc1OC. The Labute approximate surface area is 136 Å². The number of hydrogen-bond acceptors (Lipinski definition) is 6. The molecule has 128 valence electrons. The Morgan fingerprint density at radius 3 is 2.48 bits per heavy atom. The third-order valence-corrected chi connectivity index (χ3v) is 6.01. The molecule has 1 fully saturated rings. The average molecular weight is 342 g/mol. The Bertz CT molecular complexity index is 674. The van der Waals surface area contributed by atoms with E-state index in [0.717, 1.165) is 0 Å². The summed E-state index contributed by atoms with van der Waals surface area (Å²) >= 11 is 0. The number of nitrogens with zero attached hydrogens (tertiary/aromatic N) is 2. The molecule has 7 nitrogen and oxygen atoms in total. The number of benzene rings is 1. The molecule has 0 spiro atoms. The van der Waals surface area contributed by atoms with Crippen molar-refractivity contribution in [2.24, 2.45) is 0 Å². The van der Waals surface area contributed by atoms with Crippen LogP contribution in [-0.2, 0) is 19.6 Å². The van der Waals surface area contributed by atoms with Crippen molar-refractivity contribution in [2.45, 2.75) is 23.4 Å². The van der Waals surface area contributed by atoms with Gasteiger partial charge in [-0.15, -0.1) is 0 Å². The molecule has 1 aliphatic heterocycles. The predicted molar refractivity (Wildman–Crippen MR) is 84.8 cm³/mol. The third kappa shape index (κ3) is 3.34. The van der Waals surface area contributed by atoms with Gasteiger partial charge in [-0.2, -0.15) is 4.31 Å². The van der Waals surface area contributed by atoms with Crippen LogP contribution >= 0.6 is 0 Å². The smallest absolute Gasteiger partial charge is 0.324 e. The maximum absolute atomic E-state index is 13.0. The Hall–Kier alpha value is -1.64. The van der Waals surface area contributed by atoms with Crippen molar-refractivity contribution >= 4 is 16.0 Å². The Kier molecular flexibility index (Phi) is 5.28. The number of sulfonamides is 1. The van der Waals surface area contributed by atoms with Gasteiger partial charge in [-0.25, -0.2) is 8.42 Å². The number of carbonyl (C=O) groups is 1. The van der Waals surface area contributed by atoms with Gasteiger partial charge in [0.1, 0.15) is 16.7 Å². The van der Waals surface area contributed by atoms with Gasteiger partial charge in [0.2, 0.25) is 10.0 Å². The number of ether oxygens (including phenoxy) is 2. The van der Waals surface area contributed by atoms with Crippen molar-refractivity contribution in [1.82, 2.24) is 9.21 Å².